The lowest BCUT2D eigenvalue weighted by atomic mass is 10.0. The van der Waals surface area contributed by atoms with E-state index in [1.807, 2.05) is 13.0 Å². The van der Waals surface area contributed by atoms with Crippen molar-refractivity contribution in [2.24, 2.45) is 0 Å². The second-order valence-electron chi connectivity index (χ2n) is 12.3. The van der Waals surface area contributed by atoms with E-state index >= 15 is 0 Å². The minimum atomic E-state index is -0.328. The van der Waals surface area contributed by atoms with Crippen LogP contribution in [0.5, 0.6) is 0 Å². The van der Waals surface area contributed by atoms with Crippen molar-refractivity contribution >= 4 is 5.97 Å². The van der Waals surface area contributed by atoms with Gasteiger partial charge in [0, 0.05) is 5.57 Å². The lowest BCUT2D eigenvalue weighted by molar-refractivity contribution is -0.139. The van der Waals surface area contributed by atoms with Crippen LogP contribution in [0.25, 0.3) is 0 Å². The molecule has 4 unspecified atom stereocenters. The maximum Gasteiger partial charge on any atom is 0.334 e. The molecule has 0 aromatic carbocycles. The summed E-state index contributed by atoms with van der Waals surface area (Å²) in [7, 11) is 0. The zero-order valence-electron chi connectivity index (χ0n) is 25.7. The Labute approximate surface area is 241 Å². The third-order valence-electron chi connectivity index (χ3n) is 8.55. The van der Waals surface area contributed by atoms with Crippen LogP contribution in [0.15, 0.2) is 23.8 Å². The number of allylic oxidation sites excluding steroid dienone is 2. The third kappa shape index (κ3) is 16.7. The van der Waals surface area contributed by atoms with E-state index in [0.29, 0.717) is 6.10 Å². The van der Waals surface area contributed by atoms with E-state index in [0.717, 1.165) is 50.5 Å². The molecule has 0 spiro atoms. The van der Waals surface area contributed by atoms with Crippen LogP contribution in [-0.2, 0) is 14.3 Å². The van der Waals surface area contributed by atoms with Crippen LogP contribution in [0, 0.1) is 0 Å². The fourth-order valence-electron chi connectivity index (χ4n) is 6.05. The van der Waals surface area contributed by atoms with E-state index in [1.165, 1.54) is 109 Å². The van der Waals surface area contributed by atoms with Gasteiger partial charge in [-0.05, 0) is 70.8 Å². The number of carbonyl (C=O) groups is 1. The van der Waals surface area contributed by atoms with Crippen LogP contribution in [0.2, 0.25) is 0 Å². The molecule has 4 heteroatoms. The standard InChI is InChI=1S/C35H62O4/c1-3-4-5-6-7-8-9-10-11-12-13-14-15-16-20-23-26-33(36)34-28-27-32(39-34)25-22-19-17-18-21-24-31-29-30(2)38-35(31)37/h16,20,29-30,32-34,36H,3-15,17-19,21-28H2,1-2H3. The molecule has 2 aliphatic rings. The van der Waals surface area contributed by atoms with Crippen molar-refractivity contribution < 1.29 is 19.4 Å². The molecular formula is C35H62O4. The lowest BCUT2D eigenvalue weighted by Gasteiger charge is -2.19. The fourth-order valence-corrected chi connectivity index (χ4v) is 6.05. The first kappa shape index (κ1) is 34.1. The highest BCUT2D eigenvalue weighted by Crippen LogP contribution is 2.28. The second kappa shape index (κ2) is 22.5. The summed E-state index contributed by atoms with van der Waals surface area (Å²) in [6.07, 6.45) is 36.2. The predicted octanol–water partition coefficient (Wildman–Crippen LogP) is 9.92. The Balaban J connectivity index is 1.34. The third-order valence-corrected chi connectivity index (χ3v) is 8.55. The van der Waals surface area contributed by atoms with Crippen LogP contribution < -0.4 is 0 Å². The number of ether oxygens (including phenoxy) is 2. The van der Waals surface area contributed by atoms with E-state index in [-0.39, 0.29) is 24.3 Å². The van der Waals surface area contributed by atoms with Crippen molar-refractivity contribution in [1.82, 2.24) is 0 Å². The molecule has 39 heavy (non-hydrogen) atoms. The molecule has 2 heterocycles. The van der Waals surface area contributed by atoms with Gasteiger partial charge in [-0.15, -0.1) is 0 Å². The number of aliphatic hydroxyl groups excluding tert-OH is 1. The van der Waals surface area contributed by atoms with Gasteiger partial charge >= 0.3 is 5.97 Å². The highest BCUT2D eigenvalue weighted by molar-refractivity contribution is 5.90. The predicted molar refractivity (Wildman–Crippen MR) is 164 cm³/mol. The van der Waals surface area contributed by atoms with E-state index in [1.54, 1.807) is 0 Å². The van der Waals surface area contributed by atoms with Crippen LogP contribution in [-0.4, -0.2) is 35.5 Å². The van der Waals surface area contributed by atoms with Gasteiger partial charge in [0.05, 0.1) is 18.3 Å². The summed E-state index contributed by atoms with van der Waals surface area (Å²) >= 11 is 0. The molecular weight excluding hydrogens is 484 g/mol. The summed E-state index contributed by atoms with van der Waals surface area (Å²) in [5.74, 6) is -0.122. The van der Waals surface area contributed by atoms with Crippen molar-refractivity contribution in [2.45, 2.75) is 192 Å². The second-order valence-corrected chi connectivity index (χ2v) is 12.3. The summed E-state index contributed by atoms with van der Waals surface area (Å²) in [5.41, 5.74) is 0.863. The Morgan fingerprint density at radius 3 is 2.05 bits per heavy atom. The molecule has 1 saturated heterocycles. The molecule has 0 saturated carbocycles. The first-order valence-corrected chi connectivity index (χ1v) is 17.0. The highest BCUT2D eigenvalue weighted by atomic mass is 16.5. The molecule has 4 atom stereocenters. The van der Waals surface area contributed by atoms with E-state index in [4.69, 9.17) is 9.47 Å². The normalized spacial score (nSPS) is 22.1. The van der Waals surface area contributed by atoms with E-state index in [9.17, 15) is 9.90 Å². The quantitative estimate of drug-likeness (QED) is 0.0703. The summed E-state index contributed by atoms with van der Waals surface area (Å²) in [4.78, 5) is 11.6. The first-order valence-electron chi connectivity index (χ1n) is 17.0. The molecule has 0 amide bonds. The molecule has 4 nitrogen and oxygen atoms in total. The minimum absolute atomic E-state index is 0.0292. The van der Waals surface area contributed by atoms with Gasteiger partial charge in [0.2, 0.25) is 0 Å². The van der Waals surface area contributed by atoms with Crippen molar-refractivity contribution in [3.8, 4) is 0 Å². The van der Waals surface area contributed by atoms with Crippen molar-refractivity contribution in [1.29, 1.82) is 0 Å². The zero-order chi connectivity index (χ0) is 28.0. The number of hydrogen-bond donors (Lipinski definition) is 1. The summed E-state index contributed by atoms with van der Waals surface area (Å²) in [6, 6.07) is 0. The van der Waals surface area contributed by atoms with Gasteiger partial charge in [0.25, 0.3) is 0 Å². The molecule has 0 aromatic rings. The number of carbonyl (C=O) groups excluding carboxylic acids is 1. The largest absolute Gasteiger partial charge is 0.455 e. The van der Waals surface area contributed by atoms with Crippen LogP contribution in [0.1, 0.15) is 168 Å². The molecule has 0 aromatic heterocycles. The molecule has 0 aliphatic carbocycles. The summed E-state index contributed by atoms with van der Waals surface area (Å²) < 4.78 is 11.3. The van der Waals surface area contributed by atoms with Gasteiger partial charge in [-0.1, -0.05) is 115 Å². The number of cyclic esters (lactones) is 1. The molecule has 0 radical (unpaired) electrons. The summed E-state index contributed by atoms with van der Waals surface area (Å²) in [5, 5.41) is 10.6. The maximum absolute atomic E-state index is 11.6. The van der Waals surface area contributed by atoms with Crippen molar-refractivity contribution in [2.75, 3.05) is 0 Å². The molecule has 2 aliphatic heterocycles. The van der Waals surface area contributed by atoms with Crippen LogP contribution in [0.4, 0.5) is 0 Å². The Morgan fingerprint density at radius 2 is 1.41 bits per heavy atom. The smallest absolute Gasteiger partial charge is 0.334 e. The van der Waals surface area contributed by atoms with E-state index in [2.05, 4.69) is 19.1 Å². The van der Waals surface area contributed by atoms with Gasteiger partial charge in [-0.2, -0.15) is 0 Å². The van der Waals surface area contributed by atoms with Gasteiger partial charge < -0.3 is 14.6 Å². The molecule has 1 fully saturated rings. The highest BCUT2D eigenvalue weighted by Gasteiger charge is 2.29. The molecule has 0 bridgehead atoms. The minimum Gasteiger partial charge on any atom is -0.455 e. The Hall–Kier alpha value is -1.13. The Kier molecular flexibility index (Phi) is 19.7. The number of hydrogen-bond acceptors (Lipinski definition) is 4. The maximum atomic E-state index is 11.6. The molecule has 226 valence electrons. The van der Waals surface area contributed by atoms with Crippen molar-refractivity contribution in [3.05, 3.63) is 23.8 Å². The lowest BCUT2D eigenvalue weighted by Crippen LogP contribution is -2.26. The van der Waals surface area contributed by atoms with Crippen LogP contribution in [0.3, 0.4) is 0 Å². The van der Waals surface area contributed by atoms with Gasteiger partial charge in [0.1, 0.15) is 6.10 Å². The van der Waals surface area contributed by atoms with Gasteiger partial charge in [-0.3, -0.25) is 0 Å². The number of aliphatic hydroxyl groups is 1. The van der Waals surface area contributed by atoms with Crippen LogP contribution >= 0.6 is 0 Å². The zero-order valence-corrected chi connectivity index (χ0v) is 25.7. The Morgan fingerprint density at radius 1 is 0.821 bits per heavy atom. The first-order chi connectivity index (χ1) is 19.1. The van der Waals surface area contributed by atoms with Gasteiger partial charge in [0.15, 0.2) is 0 Å². The van der Waals surface area contributed by atoms with E-state index < -0.39 is 0 Å². The average Bonchev–Trinajstić information content (AvgIpc) is 3.53. The van der Waals surface area contributed by atoms with Crippen molar-refractivity contribution in [3.63, 3.8) is 0 Å². The SMILES string of the molecule is CCCCCCCCCCCCCCC=CCCC(O)C1CCC(CCCCCCCC2=CC(C)OC2=O)O1. The molecule has 2 rings (SSSR count). The number of esters is 1. The Bertz CT molecular complexity index is 670. The topological polar surface area (TPSA) is 55.8 Å². The summed E-state index contributed by atoms with van der Waals surface area (Å²) in [6.45, 7) is 4.20. The fraction of sp³-hybridized carbons (Fsp3) is 0.857. The number of rotatable bonds is 25. The number of unbranched alkanes of at least 4 members (excludes halogenated alkanes) is 16. The van der Waals surface area contributed by atoms with Gasteiger partial charge in [-0.25, -0.2) is 4.79 Å². The molecule has 1 N–H and O–H groups in total. The average molecular weight is 547 g/mol. The monoisotopic (exact) mass is 546 g/mol.